The van der Waals surface area contributed by atoms with Gasteiger partial charge in [0.05, 0.1) is 25.2 Å². The van der Waals surface area contributed by atoms with Crippen molar-refractivity contribution in [1.29, 1.82) is 0 Å². The van der Waals surface area contributed by atoms with E-state index in [0.29, 0.717) is 24.3 Å². The van der Waals surface area contributed by atoms with Crippen LogP contribution in [0.25, 0.3) is 22.0 Å². The first-order valence-corrected chi connectivity index (χ1v) is 12.2. The zero-order valence-electron chi connectivity index (χ0n) is 20.9. The Hall–Kier alpha value is -4.14. The molecule has 2 aliphatic rings. The highest BCUT2D eigenvalue weighted by atomic mass is 19.4. The summed E-state index contributed by atoms with van der Waals surface area (Å²) in [6.45, 7) is 0.975. The fraction of sp³-hybridized carbons (Fsp3) is 0.276. The molecule has 3 aromatic carbocycles. The number of methoxy groups -OCH3 is 2. The van der Waals surface area contributed by atoms with E-state index in [1.54, 1.807) is 26.4 Å². The van der Waals surface area contributed by atoms with Crippen LogP contribution in [0.5, 0.6) is 28.7 Å². The fourth-order valence-corrected chi connectivity index (χ4v) is 5.39. The van der Waals surface area contributed by atoms with Crippen LogP contribution in [0.2, 0.25) is 0 Å². The van der Waals surface area contributed by atoms with Gasteiger partial charge in [-0.15, -0.1) is 13.2 Å². The van der Waals surface area contributed by atoms with Crippen LogP contribution in [0.4, 0.5) is 13.2 Å². The third-order valence-corrected chi connectivity index (χ3v) is 7.06. The van der Waals surface area contributed by atoms with Gasteiger partial charge in [0, 0.05) is 17.4 Å². The van der Waals surface area contributed by atoms with Gasteiger partial charge in [0.15, 0.2) is 35.7 Å². The van der Waals surface area contributed by atoms with Gasteiger partial charge >= 0.3 is 6.36 Å². The van der Waals surface area contributed by atoms with Gasteiger partial charge in [0.2, 0.25) is 12.5 Å². The number of aromatic nitrogens is 1. The largest absolute Gasteiger partial charge is 0.573 e. The maximum atomic E-state index is 12.6. The number of halogens is 3. The summed E-state index contributed by atoms with van der Waals surface area (Å²) >= 11 is 0. The lowest BCUT2D eigenvalue weighted by atomic mass is 9.89. The van der Waals surface area contributed by atoms with Crippen molar-refractivity contribution < 1.29 is 41.4 Å². The molecule has 0 saturated heterocycles. The van der Waals surface area contributed by atoms with Gasteiger partial charge in [-0.2, -0.15) is 4.57 Å². The summed E-state index contributed by atoms with van der Waals surface area (Å²) in [5, 5.41) is 1.96. The topological polar surface area (TPSA) is 50.0 Å². The summed E-state index contributed by atoms with van der Waals surface area (Å²) in [5.41, 5.74) is 5.36. The minimum atomic E-state index is -4.72. The molecule has 0 radical (unpaired) electrons. The van der Waals surface area contributed by atoms with Crippen molar-refractivity contribution in [2.75, 3.05) is 21.0 Å². The van der Waals surface area contributed by atoms with E-state index >= 15 is 0 Å². The van der Waals surface area contributed by atoms with Crippen LogP contribution in [-0.2, 0) is 25.8 Å². The first-order valence-electron chi connectivity index (χ1n) is 12.2. The fourth-order valence-electron chi connectivity index (χ4n) is 5.39. The Balaban J connectivity index is 1.46. The summed E-state index contributed by atoms with van der Waals surface area (Å²) in [6, 6.07) is 14.1. The minimum Gasteiger partial charge on any atom is -0.493 e. The Morgan fingerprint density at radius 3 is 2.37 bits per heavy atom. The number of benzene rings is 3. The Morgan fingerprint density at radius 2 is 1.66 bits per heavy atom. The predicted molar refractivity (Wildman–Crippen MR) is 133 cm³/mol. The molecule has 0 fully saturated rings. The average Bonchev–Trinajstić information content (AvgIpc) is 3.36. The molecule has 4 aromatic rings. The molecule has 0 N–H and O–H groups in total. The molecule has 0 atom stereocenters. The average molecular weight is 525 g/mol. The van der Waals surface area contributed by atoms with Crippen molar-refractivity contribution in [3.05, 3.63) is 71.4 Å². The first-order chi connectivity index (χ1) is 18.3. The molecule has 6 nitrogen and oxygen atoms in total. The van der Waals surface area contributed by atoms with Crippen LogP contribution < -0.4 is 28.3 Å². The van der Waals surface area contributed by atoms with Crippen LogP contribution in [0.3, 0.4) is 0 Å². The second kappa shape index (κ2) is 9.31. The van der Waals surface area contributed by atoms with Crippen LogP contribution in [0.15, 0.2) is 54.7 Å². The Morgan fingerprint density at radius 1 is 0.895 bits per heavy atom. The van der Waals surface area contributed by atoms with E-state index in [1.165, 1.54) is 17.7 Å². The van der Waals surface area contributed by atoms with E-state index in [4.69, 9.17) is 18.9 Å². The summed E-state index contributed by atoms with van der Waals surface area (Å²) < 4.78 is 66.6. The lowest BCUT2D eigenvalue weighted by Crippen LogP contribution is -2.41. The van der Waals surface area contributed by atoms with Gasteiger partial charge in [0.1, 0.15) is 5.75 Å². The summed E-state index contributed by atoms with van der Waals surface area (Å²) in [4.78, 5) is 0. The summed E-state index contributed by atoms with van der Waals surface area (Å²) in [6.07, 6.45) is -0.515. The first kappa shape index (κ1) is 24.2. The number of rotatable bonds is 6. The molecule has 38 heavy (non-hydrogen) atoms. The molecule has 2 aliphatic heterocycles. The lowest BCUT2D eigenvalue weighted by Gasteiger charge is -2.21. The van der Waals surface area contributed by atoms with E-state index in [1.807, 2.05) is 18.2 Å². The van der Waals surface area contributed by atoms with Crippen molar-refractivity contribution in [1.82, 2.24) is 0 Å². The third-order valence-electron chi connectivity index (χ3n) is 7.06. The van der Waals surface area contributed by atoms with Gasteiger partial charge in [-0.25, -0.2) is 0 Å². The molecule has 0 aliphatic carbocycles. The normalized spacial score (nSPS) is 13.7. The van der Waals surface area contributed by atoms with E-state index in [0.717, 1.165) is 57.6 Å². The highest BCUT2D eigenvalue weighted by molar-refractivity contribution is 5.95. The van der Waals surface area contributed by atoms with E-state index in [9.17, 15) is 13.2 Å². The number of hydrogen-bond acceptors (Lipinski definition) is 5. The molecular weight excluding hydrogens is 499 g/mol. The van der Waals surface area contributed by atoms with Gasteiger partial charge in [-0.3, -0.25) is 0 Å². The molecule has 0 spiro atoms. The van der Waals surface area contributed by atoms with E-state index in [2.05, 4.69) is 21.6 Å². The predicted octanol–water partition coefficient (Wildman–Crippen LogP) is 5.78. The highest BCUT2D eigenvalue weighted by Crippen LogP contribution is 2.44. The Labute approximate surface area is 217 Å². The van der Waals surface area contributed by atoms with Crippen molar-refractivity contribution in [3.8, 4) is 40.0 Å². The monoisotopic (exact) mass is 524 g/mol. The van der Waals surface area contributed by atoms with E-state index in [-0.39, 0.29) is 12.5 Å². The number of pyridine rings is 1. The molecule has 0 unspecified atom stereocenters. The van der Waals surface area contributed by atoms with E-state index < -0.39 is 6.36 Å². The van der Waals surface area contributed by atoms with Gasteiger partial charge in [-0.05, 0) is 60.4 Å². The minimum absolute atomic E-state index is 0.202. The van der Waals surface area contributed by atoms with Crippen LogP contribution in [0, 0.1) is 0 Å². The van der Waals surface area contributed by atoms with Gasteiger partial charge in [0.25, 0.3) is 0 Å². The molecule has 0 bridgehead atoms. The molecule has 9 heteroatoms. The number of hydrogen-bond donors (Lipinski definition) is 0. The SMILES string of the molecule is COc1ccc2c(CCc3ccc(OC(F)(F)F)cc3)c3[n+](cc2c1OC)CCc1cc2c(cc1-3)OCO2. The maximum Gasteiger partial charge on any atom is 0.573 e. The van der Waals surface area contributed by atoms with Crippen molar-refractivity contribution >= 4 is 10.8 Å². The number of aryl methyl sites for hydroxylation is 4. The number of ether oxygens (including phenoxy) is 5. The summed E-state index contributed by atoms with van der Waals surface area (Å²) in [7, 11) is 3.24. The number of alkyl halides is 3. The second-order valence-corrected chi connectivity index (χ2v) is 9.22. The quantitative estimate of drug-likeness (QED) is 0.300. The highest BCUT2D eigenvalue weighted by Gasteiger charge is 2.33. The number of nitrogens with zero attached hydrogens (tertiary/aromatic N) is 1. The lowest BCUT2D eigenvalue weighted by molar-refractivity contribution is -0.686. The van der Waals surface area contributed by atoms with Crippen molar-refractivity contribution in [2.24, 2.45) is 0 Å². The molecule has 6 rings (SSSR count). The summed E-state index contributed by atoms with van der Waals surface area (Å²) in [5.74, 6) is 2.54. The van der Waals surface area contributed by atoms with Gasteiger partial charge in [-0.1, -0.05) is 12.1 Å². The molecule has 196 valence electrons. The molecule has 1 aromatic heterocycles. The zero-order chi connectivity index (χ0) is 26.4. The second-order valence-electron chi connectivity index (χ2n) is 9.22. The zero-order valence-corrected chi connectivity index (χ0v) is 20.9. The van der Waals surface area contributed by atoms with Crippen LogP contribution >= 0.6 is 0 Å². The van der Waals surface area contributed by atoms with Crippen LogP contribution in [-0.4, -0.2) is 27.4 Å². The molecule has 0 amide bonds. The smallest absolute Gasteiger partial charge is 0.493 e. The Kier molecular flexibility index (Phi) is 5.93. The standard InChI is InChI=1S/C29H25F3NO5/c1-34-24-10-9-20-21(8-5-17-3-6-19(7-4-17)38-29(30,31)32)27-22-14-26-25(36-16-37-26)13-18(22)11-12-33(27)15-23(20)28(24)35-2/h3-4,6-7,9-10,13-15H,5,8,11-12,16H2,1-2H3/q+1. The van der Waals surface area contributed by atoms with Crippen LogP contribution in [0.1, 0.15) is 16.7 Å². The molecule has 0 saturated carbocycles. The number of fused-ring (bicyclic) bond motifs is 5. The molecule has 3 heterocycles. The molecular formula is C29H25F3NO5+. The van der Waals surface area contributed by atoms with Crippen molar-refractivity contribution in [2.45, 2.75) is 32.2 Å². The third kappa shape index (κ3) is 4.31. The maximum absolute atomic E-state index is 12.6. The van der Waals surface area contributed by atoms with Crippen molar-refractivity contribution in [3.63, 3.8) is 0 Å². The van der Waals surface area contributed by atoms with Gasteiger partial charge < -0.3 is 23.7 Å². The Bertz CT molecular complexity index is 1530.